The second-order valence-corrected chi connectivity index (χ2v) is 5.36. The number of ether oxygens (including phenoxy) is 3. The number of hydrogen-bond acceptors (Lipinski definition) is 3. The molecule has 19 heavy (non-hydrogen) atoms. The molecule has 104 valence electrons. The van der Waals surface area contributed by atoms with Gasteiger partial charge in [-0.2, -0.15) is 0 Å². The van der Waals surface area contributed by atoms with Crippen LogP contribution < -0.4 is 9.64 Å². The first-order valence-corrected chi connectivity index (χ1v) is 7.10. The average molecular weight is 264 g/mol. The number of nitrogens with one attached hydrogen (secondary N) is 1. The molecule has 1 aromatic carbocycles. The SMILES string of the molecule is COc1ccc([C@H]2OC[C@H](C[NH+]3CCCC3)O2)cc1. The Hall–Kier alpha value is -1.10. The minimum Gasteiger partial charge on any atom is -0.497 e. The van der Waals surface area contributed by atoms with Crippen LogP contribution in [0.15, 0.2) is 24.3 Å². The van der Waals surface area contributed by atoms with E-state index in [9.17, 15) is 0 Å². The maximum atomic E-state index is 6.00. The van der Waals surface area contributed by atoms with Gasteiger partial charge in [0.1, 0.15) is 18.4 Å². The summed E-state index contributed by atoms with van der Waals surface area (Å²) in [4.78, 5) is 1.66. The van der Waals surface area contributed by atoms with Crippen molar-refractivity contribution in [3.63, 3.8) is 0 Å². The van der Waals surface area contributed by atoms with Crippen molar-refractivity contribution in [2.75, 3.05) is 33.4 Å². The second-order valence-electron chi connectivity index (χ2n) is 5.36. The third-order valence-corrected chi connectivity index (χ3v) is 3.96. The summed E-state index contributed by atoms with van der Waals surface area (Å²) in [6.07, 6.45) is 2.73. The van der Waals surface area contributed by atoms with Crippen molar-refractivity contribution in [3.05, 3.63) is 29.8 Å². The molecule has 2 aliphatic rings. The lowest BCUT2D eigenvalue weighted by molar-refractivity contribution is -0.890. The Kier molecular flexibility index (Phi) is 4.01. The van der Waals surface area contributed by atoms with Gasteiger partial charge in [-0.25, -0.2) is 0 Å². The van der Waals surface area contributed by atoms with Gasteiger partial charge in [0.05, 0.1) is 26.8 Å². The van der Waals surface area contributed by atoms with Gasteiger partial charge in [-0.05, 0) is 12.1 Å². The number of benzene rings is 1. The van der Waals surface area contributed by atoms with Crippen molar-refractivity contribution < 1.29 is 19.1 Å². The molecule has 0 saturated carbocycles. The Morgan fingerprint density at radius 2 is 1.95 bits per heavy atom. The van der Waals surface area contributed by atoms with Crippen LogP contribution in [0, 0.1) is 0 Å². The maximum absolute atomic E-state index is 6.00. The first kappa shape index (κ1) is 12.9. The molecule has 2 atom stereocenters. The summed E-state index contributed by atoms with van der Waals surface area (Å²) in [7, 11) is 1.67. The van der Waals surface area contributed by atoms with Crippen molar-refractivity contribution in [2.24, 2.45) is 0 Å². The number of likely N-dealkylation sites (tertiary alicyclic amines) is 1. The third kappa shape index (κ3) is 3.08. The topological polar surface area (TPSA) is 32.1 Å². The Morgan fingerprint density at radius 1 is 1.21 bits per heavy atom. The van der Waals surface area contributed by atoms with Gasteiger partial charge in [0.2, 0.25) is 0 Å². The lowest BCUT2D eigenvalue weighted by Crippen LogP contribution is -3.11. The van der Waals surface area contributed by atoms with Crippen LogP contribution in [0.5, 0.6) is 5.75 Å². The lowest BCUT2D eigenvalue weighted by atomic mass is 10.2. The zero-order valence-corrected chi connectivity index (χ0v) is 11.4. The molecule has 4 heteroatoms. The molecule has 0 spiro atoms. The van der Waals surface area contributed by atoms with Gasteiger partial charge in [-0.1, -0.05) is 12.1 Å². The van der Waals surface area contributed by atoms with E-state index in [0.29, 0.717) is 6.61 Å². The monoisotopic (exact) mass is 264 g/mol. The lowest BCUT2D eigenvalue weighted by Gasteiger charge is -2.16. The summed E-state index contributed by atoms with van der Waals surface area (Å²) in [6, 6.07) is 7.91. The normalized spacial score (nSPS) is 27.8. The van der Waals surface area contributed by atoms with Crippen LogP contribution in [0.3, 0.4) is 0 Å². The summed E-state index contributed by atoms with van der Waals surface area (Å²) >= 11 is 0. The summed E-state index contributed by atoms with van der Waals surface area (Å²) in [5.74, 6) is 0.861. The van der Waals surface area contributed by atoms with Gasteiger partial charge in [-0.15, -0.1) is 0 Å². The number of hydrogen-bond donors (Lipinski definition) is 1. The van der Waals surface area contributed by atoms with Crippen LogP contribution in [-0.2, 0) is 9.47 Å². The highest BCUT2D eigenvalue weighted by Gasteiger charge is 2.31. The molecule has 2 fully saturated rings. The first-order chi connectivity index (χ1) is 9.35. The van der Waals surface area contributed by atoms with Crippen molar-refractivity contribution in [3.8, 4) is 5.75 Å². The predicted octanol–water partition coefficient (Wildman–Crippen LogP) is 0.788. The van der Waals surface area contributed by atoms with Crippen molar-refractivity contribution >= 4 is 0 Å². The number of quaternary nitrogens is 1. The van der Waals surface area contributed by atoms with Gasteiger partial charge in [0, 0.05) is 18.4 Å². The van der Waals surface area contributed by atoms with Crippen molar-refractivity contribution in [2.45, 2.75) is 25.2 Å². The third-order valence-electron chi connectivity index (χ3n) is 3.96. The van der Waals surface area contributed by atoms with Crippen LogP contribution >= 0.6 is 0 Å². The van der Waals surface area contributed by atoms with Gasteiger partial charge in [0.25, 0.3) is 0 Å². The molecule has 2 heterocycles. The summed E-state index contributed by atoms with van der Waals surface area (Å²) in [5.41, 5.74) is 1.07. The van der Waals surface area contributed by atoms with E-state index < -0.39 is 0 Å². The molecule has 1 N–H and O–H groups in total. The largest absolute Gasteiger partial charge is 0.497 e. The van der Waals surface area contributed by atoms with Crippen LogP contribution in [0.1, 0.15) is 24.7 Å². The predicted molar refractivity (Wildman–Crippen MR) is 71.4 cm³/mol. The van der Waals surface area contributed by atoms with Crippen LogP contribution in [0.2, 0.25) is 0 Å². The fraction of sp³-hybridized carbons (Fsp3) is 0.600. The smallest absolute Gasteiger partial charge is 0.184 e. The van der Waals surface area contributed by atoms with Crippen molar-refractivity contribution in [1.82, 2.24) is 0 Å². The van der Waals surface area contributed by atoms with Gasteiger partial charge < -0.3 is 19.1 Å². The summed E-state index contributed by atoms with van der Waals surface area (Å²) in [6.45, 7) is 4.35. The molecule has 0 bridgehead atoms. The number of rotatable bonds is 4. The molecular formula is C15H22NO3+. The molecule has 2 saturated heterocycles. The fourth-order valence-corrected chi connectivity index (χ4v) is 2.89. The quantitative estimate of drug-likeness (QED) is 0.872. The molecule has 0 unspecified atom stereocenters. The Labute approximate surface area is 114 Å². The van der Waals surface area contributed by atoms with Gasteiger partial charge >= 0.3 is 0 Å². The molecule has 4 nitrogen and oxygen atoms in total. The van der Waals surface area contributed by atoms with Crippen LogP contribution in [-0.4, -0.2) is 39.5 Å². The maximum Gasteiger partial charge on any atom is 0.184 e. The molecule has 0 aliphatic carbocycles. The van der Waals surface area contributed by atoms with E-state index >= 15 is 0 Å². The summed E-state index contributed by atoms with van der Waals surface area (Å²) < 4.78 is 16.9. The second kappa shape index (κ2) is 5.90. The van der Waals surface area contributed by atoms with E-state index in [1.165, 1.54) is 25.9 Å². The van der Waals surface area contributed by atoms with Gasteiger partial charge in [-0.3, -0.25) is 0 Å². The minimum atomic E-state index is -0.210. The van der Waals surface area contributed by atoms with E-state index in [2.05, 4.69) is 0 Å². The van der Waals surface area contributed by atoms with Crippen LogP contribution in [0.4, 0.5) is 0 Å². The molecule has 0 aromatic heterocycles. The number of methoxy groups -OCH3 is 1. The first-order valence-electron chi connectivity index (χ1n) is 7.10. The van der Waals surface area contributed by atoms with Gasteiger partial charge in [0.15, 0.2) is 6.29 Å². The Balaban J connectivity index is 1.55. The highest BCUT2D eigenvalue weighted by Crippen LogP contribution is 2.27. The molecule has 3 rings (SSSR count). The highest BCUT2D eigenvalue weighted by molar-refractivity contribution is 5.28. The highest BCUT2D eigenvalue weighted by atomic mass is 16.7. The Morgan fingerprint density at radius 3 is 2.63 bits per heavy atom. The van der Waals surface area contributed by atoms with E-state index in [-0.39, 0.29) is 12.4 Å². The molecule has 1 aromatic rings. The standard InChI is InChI=1S/C15H21NO3/c1-17-13-6-4-12(5-7-13)15-18-11-14(19-15)10-16-8-2-3-9-16/h4-7,14-15H,2-3,8-11H2,1H3/p+1/t14-,15-/m0/s1. The van der Waals surface area contributed by atoms with Crippen LogP contribution in [0.25, 0.3) is 0 Å². The molecule has 0 amide bonds. The summed E-state index contributed by atoms with van der Waals surface area (Å²) in [5, 5.41) is 0. The molecular weight excluding hydrogens is 242 g/mol. The zero-order chi connectivity index (χ0) is 13.1. The Bertz CT molecular complexity index is 400. The van der Waals surface area contributed by atoms with Crippen molar-refractivity contribution in [1.29, 1.82) is 0 Å². The average Bonchev–Trinajstić information content (AvgIpc) is 3.11. The zero-order valence-electron chi connectivity index (χ0n) is 11.4. The van der Waals surface area contributed by atoms with E-state index in [4.69, 9.17) is 14.2 Å². The van der Waals surface area contributed by atoms with E-state index in [0.717, 1.165) is 17.9 Å². The molecule has 0 radical (unpaired) electrons. The fourth-order valence-electron chi connectivity index (χ4n) is 2.89. The molecule has 2 aliphatic heterocycles. The van der Waals surface area contributed by atoms with E-state index in [1.54, 1.807) is 12.0 Å². The minimum absolute atomic E-state index is 0.210. The van der Waals surface area contributed by atoms with E-state index in [1.807, 2.05) is 24.3 Å².